The largest absolute Gasteiger partial charge is 0.496 e. The summed E-state index contributed by atoms with van der Waals surface area (Å²) >= 11 is 0. The van der Waals surface area contributed by atoms with E-state index in [4.69, 9.17) is 4.74 Å². The number of rotatable bonds is 4. The SMILES string of the molecule is CC[C@]1(O)CC2CC[C@H](NC(=O)C3CCCc4c(OC)cccc43)C(C2)C1. The summed E-state index contributed by atoms with van der Waals surface area (Å²) in [5.74, 6) is 2.04. The van der Waals surface area contributed by atoms with Gasteiger partial charge in [-0.05, 0) is 86.8 Å². The molecule has 0 heterocycles. The lowest BCUT2D eigenvalue weighted by Crippen LogP contribution is -2.52. The van der Waals surface area contributed by atoms with Gasteiger partial charge in [-0.25, -0.2) is 0 Å². The maximum atomic E-state index is 13.2. The molecule has 3 aliphatic rings. The highest BCUT2D eigenvalue weighted by Gasteiger charge is 2.44. The summed E-state index contributed by atoms with van der Waals surface area (Å²) < 4.78 is 5.52. The van der Waals surface area contributed by atoms with Crippen LogP contribution in [0.5, 0.6) is 5.75 Å². The van der Waals surface area contributed by atoms with Crippen LogP contribution in [0.4, 0.5) is 0 Å². The van der Waals surface area contributed by atoms with E-state index >= 15 is 0 Å². The van der Waals surface area contributed by atoms with E-state index in [2.05, 4.69) is 18.3 Å². The predicted molar refractivity (Wildman–Crippen MR) is 106 cm³/mol. The topological polar surface area (TPSA) is 58.6 Å². The normalized spacial score (nSPS) is 35.2. The number of methoxy groups -OCH3 is 1. The van der Waals surface area contributed by atoms with Gasteiger partial charge in [0, 0.05) is 6.04 Å². The minimum absolute atomic E-state index is 0.0739. The van der Waals surface area contributed by atoms with Crippen LogP contribution in [0.2, 0.25) is 0 Å². The maximum absolute atomic E-state index is 13.2. The Kier molecular flexibility index (Phi) is 5.19. The second kappa shape index (κ2) is 7.46. The molecule has 4 rings (SSSR count). The molecule has 1 aromatic rings. The van der Waals surface area contributed by atoms with E-state index in [-0.39, 0.29) is 17.9 Å². The molecule has 2 bridgehead atoms. The molecule has 5 atom stereocenters. The summed E-state index contributed by atoms with van der Waals surface area (Å²) in [6.45, 7) is 2.08. The molecule has 27 heavy (non-hydrogen) atoms. The van der Waals surface area contributed by atoms with Gasteiger partial charge in [0.2, 0.25) is 5.91 Å². The second-order valence-electron chi connectivity index (χ2n) is 9.01. The van der Waals surface area contributed by atoms with Crippen LogP contribution in [0.1, 0.15) is 75.3 Å². The first-order chi connectivity index (χ1) is 13.0. The van der Waals surface area contributed by atoms with Gasteiger partial charge in [-0.2, -0.15) is 0 Å². The number of ether oxygens (including phenoxy) is 1. The van der Waals surface area contributed by atoms with E-state index in [0.717, 1.165) is 69.1 Å². The maximum Gasteiger partial charge on any atom is 0.227 e. The Bertz CT molecular complexity index is 703. The van der Waals surface area contributed by atoms with E-state index in [0.29, 0.717) is 11.8 Å². The lowest BCUT2D eigenvalue weighted by Gasteiger charge is -2.48. The first-order valence-corrected chi connectivity index (χ1v) is 10.7. The molecule has 1 amide bonds. The van der Waals surface area contributed by atoms with Gasteiger partial charge in [0.05, 0.1) is 18.6 Å². The van der Waals surface area contributed by atoms with Gasteiger partial charge in [0.25, 0.3) is 0 Å². The summed E-state index contributed by atoms with van der Waals surface area (Å²) in [5.41, 5.74) is 1.82. The molecule has 1 aromatic carbocycles. The van der Waals surface area contributed by atoms with Gasteiger partial charge in [0.15, 0.2) is 0 Å². The average Bonchev–Trinajstić information content (AvgIpc) is 2.69. The van der Waals surface area contributed by atoms with Crippen molar-refractivity contribution in [3.63, 3.8) is 0 Å². The lowest BCUT2D eigenvalue weighted by molar-refractivity contribution is -0.125. The van der Waals surface area contributed by atoms with Gasteiger partial charge in [-0.3, -0.25) is 4.79 Å². The monoisotopic (exact) mass is 371 g/mol. The summed E-state index contributed by atoms with van der Waals surface area (Å²) in [4.78, 5) is 13.2. The molecule has 2 saturated carbocycles. The van der Waals surface area contributed by atoms with Gasteiger partial charge in [0.1, 0.15) is 5.75 Å². The second-order valence-corrected chi connectivity index (χ2v) is 9.01. The number of nitrogens with one attached hydrogen (secondary N) is 1. The molecule has 4 heteroatoms. The first-order valence-electron chi connectivity index (χ1n) is 10.7. The van der Waals surface area contributed by atoms with Crippen LogP contribution in [0, 0.1) is 11.8 Å². The molecule has 2 N–H and O–H groups in total. The van der Waals surface area contributed by atoms with Crippen LogP contribution in [-0.4, -0.2) is 29.8 Å². The fourth-order valence-corrected chi connectivity index (χ4v) is 5.92. The fraction of sp³-hybridized carbons (Fsp3) is 0.696. The number of hydrogen-bond donors (Lipinski definition) is 2. The van der Waals surface area contributed by atoms with Gasteiger partial charge >= 0.3 is 0 Å². The number of benzene rings is 1. The van der Waals surface area contributed by atoms with Crippen molar-refractivity contribution in [2.24, 2.45) is 11.8 Å². The highest BCUT2D eigenvalue weighted by atomic mass is 16.5. The Hall–Kier alpha value is -1.55. The standard InChI is InChI=1S/C23H33NO3/c1-3-23(26)13-15-10-11-20(16(12-15)14-23)24-22(25)19-8-4-7-18-17(19)6-5-9-21(18)27-2/h5-6,9,15-16,19-20,26H,3-4,7-8,10-14H2,1-2H3,(H,24,25)/t15?,16?,19?,20-,23-/m0/s1. The third kappa shape index (κ3) is 3.61. The first kappa shape index (κ1) is 18.8. The lowest BCUT2D eigenvalue weighted by atomic mass is 9.63. The number of aliphatic hydroxyl groups is 1. The van der Waals surface area contributed by atoms with Crippen LogP contribution < -0.4 is 10.1 Å². The van der Waals surface area contributed by atoms with E-state index in [9.17, 15) is 9.90 Å². The van der Waals surface area contributed by atoms with Crippen molar-refractivity contribution in [3.05, 3.63) is 29.3 Å². The smallest absolute Gasteiger partial charge is 0.227 e. The summed E-state index contributed by atoms with van der Waals surface area (Å²) in [5, 5.41) is 14.2. The van der Waals surface area contributed by atoms with Crippen LogP contribution >= 0.6 is 0 Å². The van der Waals surface area contributed by atoms with Gasteiger partial charge in [-0.15, -0.1) is 0 Å². The quantitative estimate of drug-likeness (QED) is 0.842. The summed E-state index contributed by atoms with van der Waals surface area (Å²) in [6.07, 6.45) is 8.84. The van der Waals surface area contributed by atoms with E-state index < -0.39 is 5.60 Å². The Labute approximate surface area is 162 Å². The Morgan fingerprint density at radius 3 is 2.93 bits per heavy atom. The number of carbonyl (C=O) groups is 1. The minimum Gasteiger partial charge on any atom is -0.496 e. The summed E-state index contributed by atoms with van der Waals surface area (Å²) in [6, 6.07) is 6.29. The predicted octanol–water partition coefficient (Wildman–Crippen LogP) is 3.95. The highest BCUT2D eigenvalue weighted by molar-refractivity contribution is 5.85. The molecule has 3 unspecified atom stereocenters. The molecule has 0 aromatic heterocycles. The van der Waals surface area contributed by atoms with Crippen molar-refractivity contribution in [3.8, 4) is 5.75 Å². The Morgan fingerprint density at radius 1 is 1.30 bits per heavy atom. The molecule has 0 saturated heterocycles. The minimum atomic E-state index is -0.526. The zero-order chi connectivity index (χ0) is 19.0. The molecule has 2 fully saturated rings. The number of fused-ring (bicyclic) bond motifs is 3. The molecular formula is C23H33NO3. The fourth-order valence-electron chi connectivity index (χ4n) is 5.92. The number of amides is 1. The van der Waals surface area contributed by atoms with Crippen LogP contribution in [0.25, 0.3) is 0 Å². The van der Waals surface area contributed by atoms with Gasteiger partial charge in [-0.1, -0.05) is 19.1 Å². The Balaban J connectivity index is 1.49. The third-order valence-electron chi connectivity index (χ3n) is 7.39. The van der Waals surface area contributed by atoms with Crippen LogP contribution in [0.15, 0.2) is 18.2 Å². The van der Waals surface area contributed by atoms with E-state index in [1.165, 1.54) is 5.56 Å². The van der Waals surface area contributed by atoms with Crippen molar-refractivity contribution >= 4 is 5.91 Å². The van der Waals surface area contributed by atoms with E-state index in [1.807, 2.05) is 12.1 Å². The molecule has 0 spiro atoms. The average molecular weight is 372 g/mol. The van der Waals surface area contributed by atoms with Crippen molar-refractivity contribution in [1.29, 1.82) is 0 Å². The molecule has 148 valence electrons. The molecule has 3 aliphatic carbocycles. The van der Waals surface area contributed by atoms with Crippen molar-refractivity contribution < 1.29 is 14.6 Å². The van der Waals surface area contributed by atoms with Crippen molar-refractivity contribution in [2.75, 3.05) is 7.11 Å². The molecule has 0 aliphatic heterocycles. The third-order valence-corrected chi connectivity index (χ3v) is 7.39. The van der Waals surface area contributed by atoms with Crippen LogP contribution in [0.3, 0.4) is 0 Å². The zero-order valence-electron chi connectivity index (χ0n) is 16.7. The molecular weight excluding hydrogens is 338 g/mol. The highest BCUT2D eigenvalue weighted by Crippen LogP contribution is 2.46. The van der Waals surface area contributed by atoms with Crippen LogP contribution in [-0.2, 0) is 11.2 Å². The zero-order valence-corrected chi connectivity index (χ0v) is 16.7. The van der Waals surface area contributed by atoms with Crippen molar-refractivity contribution in [2.45, 2.75) is 82.3 Å². The number of hydrogen-bond acceptors (Lipinski definition) is 3. The van der Waals surface area contributed by atoms with E-state index in [1.54, 1.807) is 7.11 Å². The van der Waals surface area contributed by atoms with Crippen molar-refractivity contribution in [1.82, 2.24) is 5.32 Å². The Morgan fingerprint density at radius 2 is 2.15 bits per heavy atom. The molecule has 4 nitrogen and oxygen atoms in total. The number of carbonyl (C=O) groups excluding carboxylic acids is 1. The molecule has 0 radical (unpaired) electrons. The summed E-state index contributed by atoms with van der Waals surface area (Å²) in [7, 11) is 1.70. The van der Waals surface area contributed by atoms with Gasteiger partial charge < -0.3 is 15.2 Å².